The van der Waals surface area contributed by atoms with Crippen molar-refractivity contribution < 1.29 is 22.7 Å². The second kappa shape index (κ2) is 9.48. The van der Waals surface area contributed by atoms with Crippen LogP contribution >= 0.6 is 11.6 Å². The molecule has 0 fully saturated rings. The van der Waals surface area contributed by atoms with Crippen LogP contribution in [0.25, 0.3) is 0 Å². The van der Waals surface area contributed by atoms with Crippen molar-refractivity contribution in [3.63, 3.8) is 0 Å². The molecular formula is C25H23ClN2O5S. The van der Waals surface area contributed by atoms with E-state index in [1.165, 1.54) is 32.2 Å². The summed E-state index contributed by atoms with van der Waals surface area (Å²) in [4.78, 5) is 27.1. The van der Waals surface area contributed by atoms with Gasteiger partial charge in [0.2, 0.25) is 0 Å². The summed E-state index contributed by atoms with van der Waals surface area (Å²) in [5.41, 5.74) is 2.28. The van der Waals surface area contributed by atoms with Crippen LogP contribution in [-0.2, 0) is 26.0 Å². The second-order valence-electron chi connectivity index (χ2n) is 7.87. The third-order valence-corrected chi connectivity index (χ3v) is 7.98. The Labute approximate surface area is 203 Å². The summed E-state index contributed by atoms with van der Waals surface area (Å²) in [7, 11) is -2.65. The van der Waals surface area contributed by atoms with Crippen molar-refractivity contribution in [1.29, 1.82) is 0 Å². The third kappa shape index (κ3) is 4.51. The molecule has 0 N–H and O–H groups in total. The van der Waals surface area contributed by atoms with Gasteiger partial charge in [-0.1, -0.05) is 48.0 Å². The van der Waals surface area contributed by atoms with E-state index in [4.69, 9.17) is 16.3 Å². The first kappa shape index (κ1) is 23.8. The number of hydrogen-bond donors (Lipinski definition) is 0. The molecule has 3 aromatic carbocycles. The quantitative estimate of drug-likeness (QED) is 0.473. The summed E-state index contributed by atoms with van der Waals surface area (Å²) in [6.45, 7) is 2.01. The Morgan fingerprint density at radius 1 is 1.03 bits per heavy atom. The molecule has 1 heterocycles. The van der Waals surface area contributed by atoms with E-state index in [1.54, 1.807) is 35.2 Å². The molecule has 1 atom stereocenters. The maximum absolute atomic E-state index is 13.2. The average molecular weight is 499 g/mol. The van der Waals surface area contributed by atoms with E-state index in [1.807, 2.05) is 24.3 Å². The number of amides is 1. The molecule has 34 heavy (non-hydrogen) atoms. The molecule has 0 saturated heterocycles. The molecule has 0 unspecified atom stereocenters. The topological polar surface area (TPSA) is 84.0 Å². The van der Waals surface area contributed by atoms with Gasteiger partial charge in [-0.05, 0) is 55.3 Å². The van der Waals surface area contributed by atoms with Gasteiger partial charge in [0.15, 0.2) is 6.10 Å². The minimum atomic E-state index is -4.05. The average Bonchev–Trinajstić information content (AvgIpc) is 3.27. The van der Waals surface area contributed by atoms with Crippen LogP contribution in [0.5, 0.6) is 0 Å². The lowest BCUT2D eigenvalue weighted by atomic mass is 10.2. The minimum absolute atomic E-state index is 0.0223. The highest BCUT2D eigenvalue weighted by atomic mass is 35.5. The maximum Gasteiger partial charge on any atom is 0.338 e. The fourth-order valence-corrected chi connectivity index (χ4v) is 5.51. The predicted molar refractivity (Wildman–Crippen MR) is 131 cm³/mol. The Bertz CT molecular complexity index is 1340. The van der Waals surface area contributed by atoms with Gasteiger partial charge >= 0.3 is 5.97 Å². The number of ether oxygens (including phenoxy) is 1. The summed E-state index contributed by atoms with van der Waals surface area (Å²) in [5.74, 6) is -1.16. The molecule has 1 amide bonds. The molecule has 7 nitrogen and oxygen atoms in total. The Morgan fingerprint density at radius 2 is 1.71 bits per heavy atom. The van der Waals surface area contributed by atoms with Gasteiger partial charge in [0.25, 0.3) is 15.9 Å². The molecule has 4 rings (SSSR count). The highest BCUT2D eigenvalue weighted by Crippen LogP contribution is 2.30. The molecule has 176 valence electrons. The van der Waals surface area contributed by atoms with Crippen molar-refractivity contribution in [2.24, 2.45) is 0 Å². The zero-order valence-electron chi connectivity index (χ0n) is 18.6. The monoisotopic (exact) mass is 498 g/mol. The lowest BCUT2D eigenvalue weighted by Crippen LogP contribution is -2.39. The second-order valence-corrected chi connectivity index (χ2v) is 10.2. The Balaban J connectivity index is 1.53. The van der Waals surface area contributed by atoms with E-state index >= 15 is 0 Å². The lowest BCUT2D eigenvalue weighted by Gasteiger charge is -2.22. The van der Waals surface area contributed by atoms with Crippen molar-refractivity contribution in [3.05, 3.63) is 88.9 Å². The van der Waals surface area contributed by atoms with Crippen LogP contribution in [0.1, 0.15) is 22.8 Å². The van der Waals surface area contributed by atoms with Crippen molar-refractivity contribution in [3.8, 4) is 0 Å². The zero-order valence-corrected chi connectivity index (χ0v) is 20.2. The van der Waals surface area contributed by atoms with Crippen LogP contribution in [0.4, 0.5) is 11.4 Å². The summed E-state index contributed by atoms with van der Waals surface area (Å²) < 4.78 is 32.8. The number of fused-ring (bicyclic) bond motifs is 1. The highest BCUT2D eigenvalue weighted by molar-refractivity contribution is 7.93. The number of sulfonamides is 1. The van der Waals surface area contributed by atoms with Crippen LogP contribution in [0.3, 0.4) is 0 Å². The zero-order chi connectivity index (χ0) is 24.5. The van der Waals surface area contributed by atoms with Gasteiger partial charge in [-0.2, -0.15) is 0 Å². The molecule has 0 spiro atoms. The van der Waals surface area contributed by atoms with Crippen LogP contribution in [0, 0.1) is 0 Å². The SMILES string of the molecule is C[C@H](OC(=O)c1ccc(Cl)c(S(=O)(=O)N(C)c2ccccc2)c1)C(=O)N1CCc2ccccc21. The number of hydrogen-bond acceptors (Lipinski definition) is 5. The molecule has 0 aromatic heterocycles. The molecule has 1 aliphatic rings. The minimum Gasteiger partial charge on any atom is -0.449 e. The van der Waals surface area contributed by atoms with Gasteiger partial charge in [-0.15, -0.1) is 0 Å². The number of nitrogens with zero attached hydrogens (tertiary/aromatic N) is 2. The fraction of sp³-hybridized carbons (Fsp3) is 0.200. The summed E-state index contributed by atoms with van der Waals surface area (Å²) in [6, 6.07) is 19.9. The number of carbonyl (C=O) groups excluding carboxylic acids is 2. The van der Waals surface area contributed by atoms with Gasteiger partial charge in [0, 0.05) is 19.3 Å². The van der Waals surface area contributed by atoms with Gasteiger partial charge in [0.05, 0.1) is 16.3 Å². The van der Waals surface area contributed by atoms with Crippen LogP contribution in [-0.4, -0.2) is 40.0 Å². The van der Waals surface area contributed by atoms with E-state index in [0.29, 0.717) is 12.2 Å². The maximum atomic E-state index is 13.2. The van der Waals surface area contributed by atoms with Crippen molar-refractivity contribution in [2.75, 3.05) is 22.8 Å². The number of benzene rings is 3. The normalized spacial score (nSPS) is 13.8. The van der Waals surface area contributed by atoms with Gasteiger partial charge in [0.1, 0.15) is 4.90 Å². The van der Waals surface area contributed by atoms with Crippen molar-refractivity contribution >= 4 is 44.9 Å². The molecule has 3 aromatic rings. The van der Waals surface area contributed by atoms with E-state index in [-0.39, 0.29) is 21.4 Å². The third-order valence-electron chi connectivity index (χ3n) is 5.71. The lowest BCUT2D eigenvalue weighted by molar-refractivity contribution is -0.126. The predicted octanol–water partition coefficient (Wildman–Crippen LogP) is 4.30. The molecule has 0 aliphatic carbocycles. The Kier molecular flexibility index (Phi) is 6.63. The molecule has 1 aliphatic heterocycles. The van der Waals surface area contributed by atoms with E-state index < -0.39 is 22.1 Å². The molecule has 0 bridgehead atoms. The van der Waals surface area contributed by atoms with Gasteiger partial charge < -0.3 is 9.64 Å². The highest BCUT2D eigenvalue weighted by Gasteiger charge is 2.31. The van der Waals surface area contributed by atoms with E-state index in [0.717, 1.165) is 22.0 Å². The molecule has 0 radical (unpaired) electrons. The fourth-order valence-electron chi connectivity index (χ4n) is 3.82. The van der Waals surface area contributed by atoms with Gasteiger partial charge in [-0.25, -0.2) is 13.2 Å². The number of halogens is 1. The molecular weight excluding hydrogens is 476 g/mol. The van der Waals surface area contributed by atoms with Crippen LogP contribution in [0.2, 0.25) is 5.02 Å². The van der Waals surface area contributed by atoms with E-state index in [2.05, 4.69) is 0 Å². The molecule has 9 heteroatoms. The smallest absolute Gasteiger partial charge is 0.338 e. The van der Waals surface area contributed by atoms with E-state index in [9.17, 15) is 18.0 Å². The number of rotatable bonds is 6. The number of anilines is 2. The summed E-state index contributed by atoms with van der Waals surface area (Å²) >= 11 is 6.19. The van der Waals surface area contributed by atoms with Crippen molar-refractivity contribution in [1.82, 2.24) is 0 Å². The standard InChI is InChI=1S/C25H23ClN2O5S/c1-17(24(29)28-15-14-18-8-6-7-11-22(18)28)33-25(30)19-12-13-21(26)23(16-19)34(31,32)27(2)20-9-4-3-5-10-20/h3-13,16-17H,14-15H2,1-2H3/t17-/m0/s1. The number of esters is 1. The number of carbonyl (C=O) groups is 2. The van der Waals surface area contributed by atoms with Crippen molar-refractivity contribution in [2.45, 2.75) is 24.3 Å². The molecule has 0 saturated carbocycles. The largest absolute Gasteiger partial charge is 0.449 e. The number of para-hydroxylation sites is 2. The first-order valence-electron chi connectivity index (χ1n) is 10.6. The first-order chi connectivity index (χ1) is 16.2. The first-order valence-corrected chi connectivity index (χ1v) is 12.5. The van der Waals surface area contributed by atoms with Gasteiger partial charge in [-0.3, -0.25) is 9.10 Å². The summed E-state index contributed by atoms with van der Waals surface area (Å²) in [6.07, 6.45) is -0.322. The van der Waals surface area contributed by atoms with Crippen LogP contribution in [0.15, 0.2) is 77.7 Å². The Hall–Kier alpha value is -3.36. The Morgan fingerprint density at radius 3 is 2.44 bits per heavy atom. The summed E-state index contributed by atoms with van der Waals surface area (Å²) in [5, 5.41) is -0.0304. The van der Waals surface area contributed by atoms with Crippen LogP contribution < -0.4 is 9.21 Å².